The van der Waals surface area contributed by atoms with Gasteiger partial charge in [0.25, 0.3) is 0 Å². The van der Waals surface area contributed by atoms with E-state index in [0.29, 0.717) is 12.0 Å². The summed E-state index contributed by atoms with van der Waals surface area (Å²) < 4.78 is 0. The highest BCUT2D eigenvalue weighted by molar-refractivity contribution is 5.66. The van der Waals surface area contributed by atoms with Gasteiger partial charge in [0.05, 0.1) is 0 Å². The van der Waals surface area contributed by atoms with Gasteiger partial charge in [0, 0.05) is 23.9 Å². The van der Waals surface area contributed by atoms with Gasteiger partial charge in [-0.1, -0.05) is 27.7 Å². The van der Waals surface area contributed by atoms with E-state index < -0.39 is 0 Å². The van der Waals surface area contributed by atoms with Crippen molar-refractivity contribution in [1.82, 2.24) is 5.43 Å². The fourth-order valence-corrected chi connectivity index (χ4v) is 1.71. The maximum absolute atomic E-state index is 5.90. The summed E-state index contributed by atoms with van der Waals surface area (Å²) in [5.74, 6) is 0.459. The van der Waals surface area contributed by atoms with Crippen molar-refractivity contribution in [2.24, 2.45) is 16.8 Å². The maximum Gasteiger partial charge on any atom is 0.0316 e. The Morgan fingerprint density at radius 2 is 2.12 bits per heavy atom. The predicted octanol–water partition coefficient (Wildman–Crippen LogP) is 3.03. The van der Waals surface area contributed by atoms with E-state index in [1.807, 2.05) is 20.1 Å². The quantitative estimate of drug-likeness (QED) is 0.772. The van der Waals surface area contributed by atoms with Crippen LogP contribution in [-0.2, 0) is 0 Å². The van der Waals surface area contributed by atoms with E-state index in [1.54, 1.807) is 0 Å². The van der Waals surface area contributed by atoms with Crippen molar-refractivity contribution in [2.45, 2.75) is 59.9 Å². The molecule has 0 amide bonds. The lowest BCUT2D eigenvalue weighted by atomic mass is 9.93. The number of nitrogens with one attached hydrogen (secondary N) is 1. The third-order valence-electron chi connectivity index (χ3n) is 2.87. The van der Waals surface area contributed by atoms with Crippen LogP contribution >= 0.6 is 0 Å². The summed E-state index contributed by atoms with van der Waals surface area (Å²) in [4.78, 5) is 0. The first-order valence-corrected chi connectivity index (χ1v) is 6.39. The molecule has 0 aliphatic carbocycles. The molecule has 0 aromatic heterocycles. The molecule has 2 atom stereocenters. The topological polar surface area (TPSA) is 50.4 Å². The van der Waals surface area contributed by atoms with E-state index in [1.165, 1.54) is 11.3 Å². The van der Waals surface area contributed by atoms with Crippen LogP contribution in [0.5, 0.6) is 0 Å². The largest absolute Gasteiger partial charge is 0.328 e. The van der Waals surface area contributed by atoms with Crippen molar-refractivity contribution in [3.63, 3.8) is 0 Å². The summed E-state index contributed by atoms with van der Waals surface area (Å²) in [6, 6.07) is 0.335. The molecule has 16 heavy (non-hydrogen) atoms. The van der Waals surface area contributed by atoms with Crippen LogP contribution in [0, 0.1) is 5.92 Å². The second-order valence-electron chi connectivity index (χ2n) is 4.04. The van der Waals surface area contributed by atoms with Gasteiger partial charge in [-0.25, -0.2) is 0 Å². The molecule has 0 aromatic rings. The molecular weight excluding hydrogens is 198 g/mol. The van der Waals surface area contributed by atoms with E-state index >= 15 is 0 Å². The summed E-state index contributed by atoms with van der Waals surface area (Å²) in [6.07, 6.45) is 5.17. The molecule has 0 fully saturated rings. The number of nitrogens with two attached hydrogens (primary N) is 1. The second-order valence-corrected chi connectivity index (χ2v) is 4.04. The van der Waals surface area contributed by atoms with E-state index in [-0.39, 0.29) is 0 Å². The van der Waals surface area contributed by atoms with Crippen LogP contribution in [0.4, 0.5) is 0 Å². The normalized spacial score (nSPS) is 21.0. The van der Waals surface area contributed by atoms with Gasteiger partial charge in [0.15, 0.2) is 0 Å². The third kappa shape index (κ3) is 4.79. The van der Waals surface area contributed by atoms with Crippen molar-refractivity contribution in [2.75, 3.05) is 0 Å². The molecule has 0 saturated heterocycles. The van der Waals surface area contributed by atoms with Gasteiger partial charge in [-0.2, -0.15) is 5.10 Å². The Labute approximate surface area is 100 Å². The molecule has 3 nitrogen and oxygen atoms in total. The van der Waals surface area contributed by atoms with Crippen molar-refractivity contribution < 1.29 is 0 Å². The molecule has 0 aromatic carbocycles. The zero-order valence-corrected chi connectivity index (χ0v) is 11.4. The molecule has 0 radical (unpaired) electrons. The molecule has 0 spiro atoms. The summed E-state index contributed by atoms with van der Waals surface area (Å²) in [6.45, 7) is 10.4. The Kier molecular flexibility index (Phi) is 7.90. The predicted molar refractivity (Wildman–Crippen MR) is 72.3 cm³/mol. The average Bonchev–Trinajstić information content (AvgIpc) is 2.30. The number of nitrogens with zero attached hydrogens (tertiary/aromatic N) is 1. The average molecular weight is 225 g/mol. The number of rotatable bonds is 4. The molecule has 0 bridgehead atoms. The maximum atomic E-state index is 5.90. The molecule has 1 heterocycles. The lowest BCUT2D eigenvalue weighted by Crippen LogP contribution is -2.22. The number of hydrogen-bond donors (Lipinski definition) is 2. The minimum absolute atomic E-state index is 0.335. The molecule has 3 heteroatoms. The van der Waals surface area contributed by atoms with Crippen molar-refractivity contribution in [3.05, 3.63) is 11.3 Å². The van der Waals surface area contributed by atoms with Crippen LogP contribution in [0.25, 0.3) is 0 Å². The first kappa shape index (κ1) is 15.2. The molecule has 1 aliphatic rings. The van der Waals surface area contributed by atoms with Gasteiger partial charge in [-0.3, -0.25) is 5.43 Å². The third-order valence-corrected chi connectivity index (χ3v) is 2.87. The van der Waals surface area contributed by atoms with E-state index in [9.17, 15) is 0 Å². The minimum atomic E-state index is 0.335. The van der Waals surface area contributed by atoms with Gasteiger partial charge in [0.1, 0.15) is 0 Å². The highest BCUT2D eigenvalue weighted by atomic mass is 15.3. The highest BCUT2D eigenvalue weighted by Gasteiger charge is 2.14. The van der Waals surface area contributed by atoms with E-state index in [2.05, 4.69) is 31.3 Å². The van der Waals surface area contributed by atoms with Gasteiger partial charge in [0.2, 0.25) is 0 Å². The highest BCUT2D eigenvalue weighted by Crippen LogP contribution is 2.21. The van der Waals surface area contributed by atoms with E-state index in [4.69, 9.17) is 5.73 Å². The summed E-state index contributed by atoms with van der Waals surface area (Å²) >= 11 is 0. The molecule has 94 valence electrons. The number of hydrazone groups is 1. The van der Waals surface area contributed by atoms with Crippen LogP contribution in [0.1, 0.15) is 53.9 Å². The molecule has 3 N–H and O–H groups in total. The fraction of sp³-hybridized carbons (Fsp3) is 0.769. The first-order chi connectivity index (χ1) is 7.65. The molecule has 1 rings (SSSR count). The van der Waals surface area contributed by atoms with Crippen LogP contribution < -0.4 is 11.2 Å². The van der Waals surface area contributed by atoms with Crippen molar-refractivity contribution in [1.29, 1.82) is 0 Å². The van der Waals surface area contributed by atoms with Gasteiger partial charge < -0.3 is 5.73 Å². The smallest absolute Gasteiger partial charge is 0.0316 e. The van der Waals surface area contributed by atoms with E-state index in [0.717, 1.165) is 19.3 Å². The zero-order valence-electron chi connectivity index (χ0n) is 11.4. The van der Waals surface area contributed by atoms with Gasteiger partial charge >= 0.3 is 0 Å². The second kappa shape index (κ2) is 8.34. The van der Waals surface area contributed by atoms with Gasteiger partial charge in [-0.05, 0) is 31.8 Å². The summed E-state index contributed by atoms with van der Waals surface area (Å²) in [5, 5.41) is 4.07. The summed E-state index contributed by atoms with van der Waals surface area (Å²) in [5.41, 5.74) is 11.6. The monoisotopic (exact) mass is 225 g/mol. The van der Waals surface area contributed by atoms with Crippen molar-refractivity contribution in [3.8, 4) is 0 Å². The van der Waals surface area contributed by atoms with Crippen LogP contribution in [0.15, 0.2) is 16.4 Å². The molecular formula is C13H27N3. The molecule has 0 saturated carbocycles. The zero-order chi connectivity index (χ0) is 12.6. The van der Waals surface area contributed by atoms with Crippen LogP contribution in [0.2, 0.25) is 0 Å². The lowest BCUT2D eigenvalue weighted by molar-refractivity contribution is 0.573. The standard InChI is InChI=1S/C11H21N3.C2H6/c1-4-10(12)5-6-11-8(2)7-13-14-9(11)3;1-2/h7-8,10,14H,4-6,12H2,1-3H3;1-2H3. The molecule has 2 unspecified atom stereocenters. The van der Waals surface area contributed by atoms with Crippen LogP contribution in [-0.4, -0.2) is 12.3 Å². The Morgan fingerprint density at radius 1 is 1.50 bits per heavy atom. The minimum Gasteiger partial charge on any atom is -0.328 e. The van der Waals surface area contributed by atoms with Crippen LogP contribution in [0.3, 0.4) is 0 Å². The first-order valence-electron chi connectivity index (χ1n) is 6.39. The van der Waals surface area contributed by atoms with Gasteiger partial charge in [-0.15, -0.1) is 0 Å². The number of hydrogen-bond acceptors (Lipinski definition) is 3. The Bertz CT molecular complexity index is 244. The summed E-state index contributed by atoms with van der Waals surface area (Å²) in [7, 11) is 0. The SMILES string of the molecule is CC.CCC(N)CCC1=C(C)NN=CC1C. The lowest BCUT2D eigenvalue weighted by Gasteiger charge is -2.21. The number of allylic oxidation sites excluding steroid dienone is 2. The Balaban J connectivity index is 0.00000106. The fourth-order valence-electron chi connectivity index (χ4n) is 1.71. The Hall–Kier alpha value is -0.830. The molecule has 1 aliphatic heterocycles. The Morgan fingerprint density at radius 3 is 2.62 bits per heavy atom. The van der Waals surface area contributed by atoms with Crippen molar-refractivity contribution >= 4 is 6.21 Å².